The quantitative estimate of drug-likeness (QED) is 0.428. The van der Waals surface area contributed by atoms with Gasteiger partial charge in [-0.15, -0.1) is 0 Å². The third-order valence-electron chi connectivity index (χ3n) is 4.11. The Labute approximate surface area is 164 Å². The van der Waals surface area contributed by atoms with Gasteiger partial charge >= 0.3 is 0 Å². The average molecular weight is 381 g/mol. The molecular formula is C20H36N4O3. The molecule has 1 aromatic carbocycles. The van der Waals surface area contributed by atoms with Crippen molar-refractivity contribution in [3.8, 4) is 11.5 Å². The van der Waals surface area contributed by atoms with Gasteiger partial charge in [0.25, 0.3) is 0 Å². The molecule has 0 aromatic heterocycles. The zero-order chi connectivity index (χ0) is 20.1. The van der Waals surface area contributed by atoms with Crippen molar-refractivity contribution in [2.45, 2.75) is 26.8 Å². The van der Waals surface area contributed by atoms with E-state index in [1.807, 2.05) is 26.0 Å². The van der Waals surface area contributed by atoms with Crippen molar-refractivity contribution in [2.24, 2.45) is 4.99 Å². The second kappa shape index (κ2) is 13.2. The molecule has 154 valence electrons. The molecule has 0 saturated carbocycles. The number of hydrogen-bond acceptors (Lipinski definition) is 5. The van der Waals surface area contributed by atoms with E-state index < -0.39 is 0 Å². The lowest BCUT2D eigenvalue weighted by Gasteiger charge is -2.21. The molecule has 0 spiro atoms. The lowest BCUT2D eigenvalue weighted by atomic mass is 10.1. The third kappa shape index (κ3) is 8.49. The summed E-state index contributed by atoms with van der Waals surface area (Å²) in [5.41, 5.74) is 1.11. The molecule has 1 atom stereocenters. The summed E-state index contributed by atoms with van der Waals surface area (Å²) in [5.74, 6) is 2.32. The highest BCUT2D eigenvalue weighted by Crippen LogP contribution is 2.30. The fraction of sp³-hybridized carbons (Fsp3) is 0.650. The molecule has 0 fully saturated rings. The van der Waals surface area contributed by atoms with Crippen LogP contribution in [0.3, 0.4) is 0 Å². The molecule has 0 heterocycles. The number of hydrogen-bond donors (Lipinski definition) is 2. The van der Waals surface area contributed by atoms with Gasteiger partial charge in [0.1, 0.15) is 0 Å². The maximum Gasteiger partial charge on any atom is 0.191 e. The number of nitrogens with one attached hydrogen (secondary N) is 2. The van der Waals surface area contributed by atoms with Crippen molar-refractivity contribution in [3.63, 3.8) is 0 Å². The molecule has 0 amide bonds. The number of benzene rings is 1. The Kier molecular flexibility index (Phi) is 11.3. The van der Waals surface area contributed by atoms with Gasteiger partial charge in [-0.05, 0) is 45.5 Å². The van der Waals surface area contributed by atoms with Crippen molar-refractivity contribution in [1.82, 2.24) is 15.5 Å². The van der Waals surface area contributed by atoms with Crippen LogP contribution in [0.15, 0.2) is 23.2 Å². The summed E-state index contributed by atoms with van der Waals surface area (Å²) < 4.78 is 16.5. The number of nitrogens with zero attached hydrogens (tertiary/aromatic N) is 2. The largest absolute Gasteiger partial charge is 0.490 e. The van der Waals surface area contributed by atoms with E-state index in [-0.39, 0.29) is 6.04 Å². The van der Waals surface area contributed by atoms with Crippen LogP contribution in [0.1, 0.15) is 32.4 Å². The second-order valence-corrected chi connectivity index (χ2v) is 6.23. The summed E-state index contributed by atoms with van der Waals surface area (Å²) >= 11 is 0. The molecular weight excluding hydrogens is 344 g/mol. The van der Waals surface area contributed by atoms with Crippen molar-refractivity contribution >= 4 is 5.96 Å². The Balaban J connectivity index is 2.61. The van der Waals surface area contributed by atoms with Gasteiger partial charge < -0.3 is 29.7 Å². The Hall–Kier alpha value is -1.99. The van der Waals surface area contributed by atoms with Crippen LogP contribution < -0.4 is 20.1 Å². The molecule has 1 rings (SSSR count). The highest BCUT2D eigenvalue weighted by molar-refractivity contribution is 5.80. The summed E-state index contributed by atoms with van der Waals surface area (Å²) in [6.07, 6.45) is 0. The van der Waals surface area contributed by atoms with Gasteiger partial charge in [-0.1, -0.05) is 6.07 Å². The van der Waals surface area contributed by atoms with Gasteiger partial charge in [0.15, 0.2) is 17.5 Å². The zero-order valence-corrected chi connectivity index (χ0v) is 17.7. The first-order chi connectivity index (χ1) is 13.0. The fourth-order valence-electron chi connectivity index (χ4n) is 2.54. The third-order valence-corrected chi connectivity index (χ3v) is 4.11. The summed E-state index contributed by atoms with van der Waals surface area (Å²) in [6.45, 7) is 10.6. The minimum absolute atomic E-state index is 0.0808. The number of aliphatic imine (C=N–C) groups is 1. The van der Waals surface area contributed by atoms with Gasteiger partial charge in [-0.25, -0.2) is 0 Å². The maximum absolute atomic E-state index is 5.72. The smallest absolute Gasteiger partial charge is 0.191 e. The molecule has 0 aliphatic heterocycles. The number of rotatable bonds is 12. The number of methoxy groups -OCH3 is 1. The molecule has 0 aliphatic rings. The predicted octanol–water partition coefficient (Wildman–Crippen LogP) is 2.29. The van der Waals surface area contributed by atoms with Crippen LogP contribution in [-0.4, -0.2) is 71.5 Å². The monoisotopic (exact) mass is 380 g/mol. The van der Waals surface area contributed by atoms with Crippen LogP contribution in [0.5, 0.6) is 11.5 Å². The molecule has 2 N–H and O–H groups in total. The van der Waals surface area contributed by atoms with Crippen LogP contribution >= 0.6 is 0 Å². The van der Waals surface area contributed by atoms with Gasteiger partial charge in [-0.2, -0.15) is 0 Å². The average Bonchev–Trinajstić information content (AvgIpc) is 2.67. The van der Waals surface area contributed by atoms with Gasteiger partial charge in [-0.3, -0.25) is 4.99 Å². The second-order valence-electron chi connectivity index (χ2n) is 6.23. The molecule has 0 aliphatic carbocycles. The summed E-state index contributed by atoms with van der Waals surface area (Å²) in [7, 11) is 5.58. The summed E-state index contributed by atoms with van der Waals surface area (Å²) in [5, 5.41) is 6.77. The first kappa shape index (κ1) is 23.0. The molecule has 0 radical (unpaired) electrons. The molecule has 7 nitrogen and oxygen atoms in total. The molecule has 0 saturated heterocycles. The minimum Gasteiger partial charge on any atom is -0.490 e. The molecule has 7 heteroatoms. The Morgan fingerprint density at radius 3 is 2.48 bits per heavy atom. The Morgan fingerprint density at radius 1 is 1.15 bits per heavy atom. The van der Waals surface area contributed by atoms with Crippen LogP contribution in [0.4, 0.5) is 0 Å². The first-order valence-corrected chi connectivity index (χ1v) is 9.59. The number of ether oxygens (including phenoxy) is 3. The van der Waals surface area contributed by atoms with Gasteiger partial charge in [0.2, 0.25) is 0 Å². The van der Waals surface area contributed by atoms with Gasteiger partial charge in [0.05, 0.1) is 25.9 Å². The van der Waals surface area contributed by atoms with Crippen molar-refractivity contribution < 1.29 is 14.2 Å². The zero-order valence-electron chi connectivity index (χ0n) is 17.7. The van der Waals surface area contributed by atoms with E-state index in [1.54, 1.807) is 14.2 Å². The first-order valence-electron chi connectivity index (χ1n) is 9.59. The Bertz CT molecular complexity index is 566. The van der Waals surface area contributed by atoms with E-state index in [0.717, 1.165) is 49.3 Å². The van der Waals surface area contributed by atoms with E-state index >= 15 is 0 Å². The number of guanidine groups is 1. The lowest BCUT2D eigenvalue weighted by Crippen LogP contribution is -2.42. The highest BCUT2D eigenvalue weighted by atomic mass is 16.5. The van der Waals surface area contributed by atoms with Gasteiger partial charge in [0, 0.05) is 33.8 Å². The molecule has 1 unspecified atom stereocenters. The molecule has 27 heavy (non-hydrogen) atoms. The van der Waals surface area contributed by atoms with Crippen molar-refractivity contribution in [3.05, 3.63) is 23.8 Å². The lowest BCUT2D eigenvalue weighted by molar-refractivity contribution is 0.162. The van der Waals surface area contributed by atoms with Crippen LogP contribution in [0.25, 0.3) is 0 Å². The normalized spacial score (nSPS) is 12.8. The van der Waals surface area contributed by atoms with Crippen LogP contribution in [-0.2, 0) is 4.74 Å². The maximum atomic E-state index is 5.72. The number of likely N-dealkylation sites (N-methyl/N-ethyl adjacent to an activating group) is 1. The van der Waals surface area contributed by atoms with E-state index in [2.05, 4.69) is 40.6 Å². The topological polar surface area (TPSA) is 67.4 Å². The fourth-order valence-corrected chi connectivity index (χ4v) is 2.54. The SMILES string of the molecule is CCOc1ccc(C(C)NC(=NC)NCCN(C)CCOC)cc1OCC. The van der Waals surface area contributed by atoms with Crippen molar-refractivity contribution in [2.75, 3.05) is 60.7 Å². The van der Waals surface area contributed by atoms with E-state index in [4.69, 9.17) is 14.2 Å². The highest BCUT2D eigenvalue weighted by Gasteiger charge is 2.12. The van der Waals surface area contributed by atoms with E-state index in [9.17, 15) is 0 Å². The van der Waals surface area contributed by atoms with Crippen molar-refractivity contribution in [1.29, 1.82) is 0 Å². The van der Waals surface area contributed by atoms with E-state index in [0.29, 0.717) is 13.2 Å². The molecule has 1 aromatic rings. The summed E-state index contributed by atoms with van der Waals surface area (Å²) in [6, 6.07) is 6.12. The minimum atomic E-state index is 0.0808. The van der Waals surface area contributed by atoms with Crippen LogP contribution in [0.2, 0.25) is 0 Å². The summed E-state index contributed by atoms with van der Waals surface area (Å²) in [4.78, 5) is 6.53. The molecule has 0 bridgehead atoms. The van der Waals surface area contributed by atoms with Crippen LogP contribution in [0, 0.1) is 0 Å². The standard InChI is InChI=1S/C20H36N4O3/c1-7-26-18-10-9-17(15-19(18)27-8-2)16(3)23-20(21-4)22-11-12-24(5)13-14-25-6/h9-10,15-16H,7-8,11-14H2,1-6H3,(H2,21,22,23). The Morgan fingerprint density at radius 2 is 1.85 bits per heavy atom. The predicted molar refractivity (Wildman–Crippen MR) is 111 cm³/mol. The van der Waals surface area contributed by atoms with E-state index in [1.165, 1.54) is 0 Å².